The van der Waals surface area contributed by atoms with Gasteiger partial charge in [0.05, 0.1) is 17.1 Å². The van der Waals surface area contributed by atoms with Crippen molar-refractivity contribution in [1.29, 1.82) is 0 Å². The van der Waals surface area contributed by atoms with Gasteiger partial charge in [-0.05, 0) is 26.0 Å². The molecule has 0 aliphatic heterocycles. The van der Waals surface area contributed by atoms with Crippen LogP contribution in [0.15, 0.2) is 18.3 Å². The maximum Gasteiger partial charge on any atom is 0.276 e. The molecule has 0 saturated carbocycles. The van der Waals surface area contributed by atoms with Gasteiger partial charge in [0.15, 0.2) is 5.15 Å². The summed E-state index contributed by atoms with van der Waals surface area (Å²) in [6.45, 7) is 4.20. The number of aromatic nitrogens is 3. The van der Waals surface area contributed by atoms with Crippen molar-refractivity contribution in [3.05, 3.63) is 34.9 Å². The van der Waals surface area contributed by atoms with Crippen LogP contribution in [0.1, 0.15) is 23.1 Å². The maximum absolute atomic E-state index is 12.2. The average Bonchev–Trinajstić information content (AvgIpc) is 2.68. The average molecular weight is 280 g/mol. The van der Waals surface area contributed by atoms with Crippen molar-refractivity contribution in [1.82, 2.24) is 14.8 Å². The van der Waals surface area contributed by atoms with Crippen molar-refractivity contribution >= 4 is 28.9 Å². The number of aryl methyl sites for hydroxylation is 2. The van der Waals surface area contributed by atoms with Crippen LogP contribution in [0, 0.1) is 6.92 Å². The molecular weight excluding hydrogens is 266 g/mol. The highest BCUT2D eigenvalue weighted by Gasteiger charge is 2.19. The normalized spacial score (nSPS) is 10.5. The van der Waals surface area contributed by atoms with Gasteiger partial charge in [0, 0.05) is 12.7 Å². The summed E-state index contributed by atoms with van der Waals surface area (Å²) in [5, 5.41) is 7.11. The number of carbonyl (C=O) groups is 1. The molecule has 2 aromatic rings. The molecule has 0 saturated heterocycles. The number of nitrogens with two attached hydrogens (primary N) is 1. The smallest absolute Gasteiger partial charge is 0.276 e. The third-order valence-corrected chi connectivity index (χ3v) is 3.00. The van der Waals surface area contributed by atoms with Crippen LogP contribution in [-0.2, 0) is 6.54 Å². The minimum Gasteiger partial charge on any atom is -0.395 e. The molecule has 0 atom stereocenters. The van der Waals surface area contributed by atoms with Gasteiger partial charge in [-0.15, -0.1) is 0 Å². The molecule has 0 aliphatic rings. The van der Waals surface area contributed by atoms with Crippen LogP contribution in [0.5, 0.6) is 0 Å². The fraction of sp³-hybridized carbons (Fsp3) is 0.250. The molecule has 3 N–H and O–H groups in total. The van der Waals surface area contributed by atoms with Crippen molar-refractivity contribution < 1.29 is 4.79 Å². The van der Waals surface area contributed by atoms with Gasteiger partial charge in [-0.1, -0.05) is 11.6 Å². The number of nitrogens with zero attached hydrogens (tertiary/aromatic N) is 3. The molecule has 100 valence electrons. The van der Waals surface area contributed by atoms with Gasteiger partial charge in [-0.25, -0.2) is 4.98 Å². The molecule has 0 unspecified atom stereocenters. The summed E-state index contributed by atoms with van der Waals surface area (Å²) in [7, 11) is 0. The lowest BCUT2D eigenvalue weighted by atomic mass is 10.3. The molecule has 2 aromatic heterocycles. The Balaban J connectivity index is 2.33. The Kier molecular flexibility index (Phi) is 3.71. The zero-order valence-electron chi connectivity index (χ0n) is 10.6. The SMILES string of the molecule is CCn1nc(C)c(N)c1C(=O)Nc1cccnc1Cl. The van der Waals surface area contributed by atoms with E-state index in [1.807, 2.05) is 6.92 Å². The standard InChI is InChI=1S/C12H14ClN5O/c1-3-18-10(9(14)7(2)17-18)12(19)16-8-5-4-6-15-11(8)13/h4-6H,3,14H2,1-2H3,(H,16,19). The predicted octanol–water partition coefficient (Wildman–Crippen LogP) is 2.09. The Morgan fingerprint density at radius 2 is 2.32 bits per heavy atom. The van der Waals surface area contributed by atoms with Crippen LogP contribution in [0.4, 0.5) is 11.4 Å². The summed E-state index contributed by atoms with van der Waals surface area (Å²) in [6.07, 6.45) is 1.55. The molecule has 2 rings (SSSR count). The first-order valence-corrected chi connectivity index (χ1v) is 6.17. The van der Waals surface area contributed by atoms with Crippen molar-refractivity contribution in [2.45, 2.75) is 20.4 Å². The van der Waals surface area contributed by atoms with Crippen molar-refractivity contribution in [3.8, 4) is 0 Å². The molecule has 0 aromatic carbocycles. The van der Waals surface area contributed by atoms with E-state index in [-0.39, 0.29) is 11.1 Å². The number of nitrogen functional groups attached to an aromatic ring is 1. The van der Waals surface area contributed by atoms with E-state index in [2.05, 4.69) is 15.4 Å². The third kappa shape index (κ3) is 2.53. The van der Waals surface area contributed by atoms with Crippen LogP contribution in [0.2, 0.25) is 5.15 Å². The van der Waals surface area contributed by atoms with Crippen LogP contribution < -0.4 is 11.1 Å². The minimum absolute atomic E-state index is 0.230. The van der Waals surface area contributed by atoms with E-state index in [4.69, 9.17) is 17.3 Å². The van der Waals surface area contributed by atoms with Crippen molar-refractivity contribution in [2.24, 2.45) is 0 Å². The van der Waals surface area contributed by atoms with Crippen LogP contribution >= 0.6 is 11.6 Å². The van der Waals surface area contributed by atoms with E-state index < -0.39 is 0 Å². The molecule has 0 spiro atoms. The molecule has 0 fully saturated rings. The quantitative estimate of drug-likeness (QED) is 0.843. The van der Waals surface area contributed by atoms with E-state index in [0.29, 0.717) is 29.3 Å². The number of hydrogen-bond donors (Lipinski definition) is 2. The minimum atomic E-state index is -0.352. The van der Waals surface area contributed by atoms with Gasteiger partial charge >= 0.3 is 0 Å². The lowest BCUT2D eigenvalue weighted by Gasteiger charge is -2.08. The van der Waals surface area contributed by atoms with Crippen molar-refractivity contribution in [3.63, 3.8) is 0 Å². The highest BCUT2D eigenvalue weighted by molar-refractivity contribution is 6.32. The monoisotopic (exact) mass is 279 g/mol. The fourth-order valence-corrected chi connectivity index (χ4v) is 1.89. The van der Waals surface area contributed by atoms with Gasteiger partial charge in [-0.3, -0.25) is 9.48 Å². The highest BCUT2D eigenvalue weighted by Crippen LogP contribution is 2.21. The summed E-state index contributed by atoms with van der Waals surface area (Å²) in [6, 6.07) is 3.36. The number of rotatable bonds is 3. The molecule has 7 heteroatoms. The van der Waals surface area contributed by atoms with E-state index in [1.165, 1.54) is 0 Å². The van der Waals surface area contributed by atoms with E-state index >= 15 is 0 Å². The van der Waals surface area contributed by atoms with Gasteiger partial charge < -0.3 is 11.1 Å². The number of carbonyl (C=O) groups excluding carboxylic acids is 1. The fourth-order valence-electron chi connectivity index (χ4n) is 1.72. The molecule has 0 aliphatic carbocycles. The molecule has 19 heavy (non-hydrogen) atoms. The number of halogens is 1. The van der Waals surface area contributed by atoms with Gasteiger partial charge in [0.2, 0.25) is 0 Å². The Hall–Kier alpha value is -2.08. The first kappa shape index (κ1) is 13.4. The summed E-state index contributed by atoms with van der Waals surface area (Å²) in [5.41, 5.74) is 7.66. The van der Waals surface area contributed by atoms with E-state index in [1.54, 1.807) is 29.9 Å². The van der Waals surface area contributed by atoms with Crippen LogP contribution in [0.25, 0.3) is 0 Å². The highest BCUT2D eigenvalue weighted by atomic mass is 35.5. The third-order valence-electron chi connectivity index (χ3n) is 2.70. The van der Waals surface area contributed by atoms with Gasteiger partial charge in [0.25, 0.3) is 5.91 Å². The zero-order valence-corrected chi connectivity index (χ0v) is 11.4. The Morgan fingerprint density at radius 1 is 1.58 bits per heavy atom. The zero-order chi connectivity index (χ0) is 14.0. The topological polar surface area (TPSA) is 85.8 Å². The molecule has 1 amide bonds. The molecule has 2 heterocycles. The molecular formula is C12H14ClN5O. The Bertz CT molecular complexity index is 623. The summed E-state index contributed by atoms with van der Waals surface area (Å²) in [4.78, 5) is 16.1. The maximum atomic E-state index is 12.2. The summed E-state index contributed by atoms with van der Waals surface area (Å²) < 4.78 is 1.56. The van der Waals surface area contributed by atoms with Gasteiger partial charge in [0.1, 0.15) is 5.69 Å². The number of nitrogens with one attached hydrogen (secondary N) is 1. The second-order valence-electron chi connectivity index (χ2n) is 3.96. The summed E-state index contributed by atoms with van der Waals surface area (Å²) >= 11 is 5.89. The molecule has 6 nitrogen and oxygen atoms in total. The van der Waals surface area contributed by atoms with Crippen LogP contribution in [0.3, 0.4) is 0 Å². The van der Waals surface area contributed by atoms with E-state index in [0.717, 1.165) is 0 Å². The first-order valence-electron chi connectivity index (χ1n) is 5.79. The largest absolute Gasteiger partial charge is 0.395 e. The Labute approximate surface area is 115 Å². The molecule has 0 radical (unpaired) electrons. The number of anilines is 2. The number of pyridine rings is 1. The predicted molar refractivity (Wildman–Crippen MR) is 74.3 cm³/mol. The summed E-state index contributed by atoms with van der Waals surface area (Å²) in [5.74, 6) is -0.352. The van der Waals surface area contributed by atoms with Gasteiger partial charge in [-0.2, -0.15) is 5.10 Å². The molecule has 0 bridgehead atoms. The first-order chi connectivity index (χ1) is 9.04. The van der Waals surface area contributed by atoms with E-state index in [9.17, 15) is 4.79 Å². The second-order valence-corrected chi connectivity index (χ2v) is 4.32. The lowest BCUT2D eigenvalue weighted by Crippen LogP contribution is -2.19. The number of amides is 1. The number of hydrogen-bond acceptors (Lipinski definition) is 4. The second kappa shape index (κ2) is 5.27. The van der Waals surface area contributed by atoms with Crippen molar-refractivity contribution in [2.75, 3.05) is 11.1 Å². The Morgan fingerprint density at radius 3 is 2.95 bits per heavy atom. The van der Waals surface area contributed by atoms with Crippen LogP contribution in [-0.4, -0.2) is 20.7 Å². The lowest BCUT2D eigenvalue weighted by molar-refractivity contribution is 0.101.